The molecule has 0 radical (unpaired) electrons. The molecule has 3 aromatic rings. The van der Waals surface area contributed by atoms with Crippen LogP contribution in [0.5, 0.6) is 5.75 Å². The second-order valence-electron chi connectivity index (χ2n) is 10.2. The summed E-state index contributed by atoms with van der Waals surface area (Å²) in [6.45, 7) is 8.28. The molecule has 0 saturated heterocycles. The summed E-state index contributed by atoms with van der Waals surface area (Å²) in [4.78, 5) is 0. The minimum atomic E-state index is 0.125. The van der Waals surface area contributed by atoms with E-state index in [0.29, 0.717) is 0 Å². The minimum Gasteiger partial charge on any atom is -0.494 e. The Morgan fingerprint density at radius 2 is 1.03 bits per heavy atom. The van der Waals surface area contributed by atoms with Gasteiger partial charge in [0.25, 0.3) is 0 Å². The smallest absolute Gasteiger partial charge is 0.119 e. The molecule has 0 bridgehead atoms. The first-order chi connectivity index (χ1) is 18.2. The lowest BCUT2D eigenvalue weighted by Crippen LogP contribution is -2.01. The molecule has 0 fully saturated rings. The molecule has 0 aliphatic heterocycles. The lowest BCUT2D eigenvalue weighted by molar-refractivity contribution is 0.0630. The van der Waals surface area contributed by atoms with Crippen molar-refractivity contribution in [1.29, 1.82) is 0 Å². The lowest BCUT2D eigenvalue weighted by atomic mass is 9.94. The predicted octanol–water partition coefficient (Wildman–Crippen LogP) is 10.8. The van der Waals surface area contributed by atoms with E-state index in [1.807, 2.05) is 0 Å². The van der Waals surface area contributed by atoms with Crippen LogP contribution in [0.25, 0.3) is 22.3 Å². The SMILES string of the molecule is CCCCCCCCCCOc1ccc(-c2ccccc2-c2ccc(C(C)OCCCCC)cc2)cc1. The molecule has 3 rings (SSSR count). The van der Waals surface area contributed by atoms with Crippen molar-refractivity contribution < 1.29 is 9.47 Å². The van der Waals surface area contributed by atoms with E-state index in [9.17, 15) is 0 Å². The van der Waals surface area contributed by atoms with Crippen LogP contribution in [0.4, 0.5) is 0 Å². The van der Waals surface area contributed by atoms with Gasteiger partial charge in [-0.25, -0.2) is 0 Å². The molecule has 0 amide bonds. The first kappa shape index (κ1) is 29.0. The van der Waals surface area contributed by atoms with E-state index in [-0.39, 0.29) is 6.10 Å². The number of benzene rings is 3. The molecule has 0 N–H and O–H groups in total. The Hall–Kier alpha value is -2.58. The molecule has 0 heterocycles. The van der Waals surface area contributed by atoms with Crippen LogP contribution in [0, 0.1) is 0 Å². The van der Waals surface area contributed by atoms with E-state index in [2.05, 4.69) is 93.6 Å². The number of rotatable bonds is 18. The molecular weight excluding hydrogens is 452 g/mol. The highest BCUT2D eigenvalue weighted by Crippen LogP contribution is 2.33. The largest absolute Gasteiger partial charge is 0.494 e. The molecule has 0 saturated carbocycles. The zero-order chi connectivity index (χ0) is 26.1. The van der Waals surface area contributed by atoms with Crippen LogP contribution in [0.2, 0.25) is 0 Å². The van der Waals surface area contributed by atoms with Gasteiger partial charge in [0.15, 0.2) is 0 Å². The number of ether oxygens (including phenoxy) is 2. The highest BCUT2D eigenvalue weighted by Gasteiger charge is 2.10. The number of hydrogen-bond donors (Lipinski definition) is 0. The van der Waals surface area contributed by atoms with Crippen LogP contribution in [-0.2, 0) is 4.74 Å². The zero-order valence-corrected chi connectivity index (χ0v) is 23.5. The summed E-state index contributed by atoms with van der Waals surface area (Å²) in [6, 6.07) is 26.1. The monoisotopic (exact) mass is 500 g/mol. The third kappa shape index (κ3) is 10.0. The van der Waals surface area contributed by atoms with Crippen LogP contribution in [-0.4, -0.2) is 13.2 Å². The highest BCUT2D eigenvalue weighted by atomic mass is 16.5. The predicted molar refractivity (Wildman–Crippen MR) is 159 cm³/mol. The molecular formula is C35H48O2. The molecule has 0 aliphatic rings. The molecule has 2 nitrogen and oxygen atoms in total. The summed E-state index contributed by atoms with van der Waals surface area (Å²) in [7, 11) is 0. The van der Waals surface area contributed by atoms with Crippen molar-refractivity contribution in [2.24, 2.45) is 0 Å². The quantitative estimate of drug-likeness (QED) is 0.162. The Bertz CT molecular complexity index is 991. The maximum atomic E-state index is 6.03. The average molecular weight is 501 g/mol. The molecule has 1 unspecified atom stereocenters. The molecule has 1 atom stereocenters. The molecule has 37 heavy (non-hydrogen) atoms. The van der Waals surface area contributed by atoms with Gasteiger partial charge in [-0.3, -0.25) is 0 Å². The molecule has 200 valence electrons. The van der Waals surface area contributed by atoms with Crippen LogP contribution in [0.15, 0.2) is 72.8 Å². The summed E-state index contributed by atoms with van der Waals surface area (Å²) in [5.74, 6) is 0.960. The molecule has 3 aromatic carbocycles. The molecule has 0 aromatic heterocycles. The van der Waals surface area contributed by atoms with Crippen molar-refractivity contribution >= 4 is 0 Å². The van der Waals surface area contributed by atoms with Crippen molar-refractivity contribution in [1.82, 2.24) is 0 Å². The molecule has 0 spiro atoms. The zero-order valence-electron chi connectivity index (χ0n) is 23.5. The summed E-state index contributed by atoms with van der Waals surface area (Å²) in [6.07, 6.45) is 14.3. The summed E-state index contributed by atoms with van der Waals surface area (Å²) < 4.78 is 12.1. The lowest BCUT2D eigenvalue weighted by Gasteiger charge is -2.15. The van der Waals surface area contributed by atoms with Crippen molar-refractivity contribution in [2.45, 2.75) is 97.5 Å². The van der Waals surface area contributed by atoms with Gasteiger partial charge in [0.2, 0.25) is 0 Å². The fraction of sp³-hybridized carbons (Fsp3) is 0.486. The normalized spacial score (nSPS) is 12.0. The van der Waals surface area contributed by atoms with Gasteiger partial charge in [-0.1, -0.05) is 132 Å². The summed E-state index contributed by atoms with van der Waals surface area (Å²) in [5.41, 5.74) is 6.17. The van der Waals surface area contributed by atoms with Gasteiger partial charge in [-0.2, -0.15) is 0 Å². The Morgan fingerprint density at radius 1 is 0.541 bits per heavy atom. The Labute approximate surface area is 226 Å². The van der Waals surface area contributed by atoms with E-state index in [4.69, 9.17) is 9.47 Å². The molecule has 2 heteroatoms. The average Bonchev–Trinajstić information content (AvgIpc) is 2.95. The number of hydrogen-bond acceptors (Lipinski definition) is 2. The summed E-state index contributed by atoms with van der Waals surface area (Å²) >= 11 is 0. The van der Waals surface area contributed by atoms with Gasteiger partial charge in [-0.05, 0) is 59.7 Å². The fourth-order valence-corrected chi connectivity index (χ4v) is 4.79. The topological polar surface area (TPSA) is 18.5 Å². The van der Waals surface area contributed by atoms with Crippen molar-refractivity contribution in [3.8, 4) is 28.0 Å². The van der Waals surface area contributed by atoms with Gasteiger partial charge in [0, 0.05) is 6.61 Å². The van der Waals surface area contributed by atoms with Crippen LogP contribution in [0.3, 0.4) is 0 Å². The van der Waals surface area contributed by atoms with Crippen molar-refractivity contribution in [2.75, 3.05) is 13.2 Å². The van der Waals surface area contributed by atoms with Crippen LogP contribution < -0.4 is 4.74 Å². The van der Waals surface area contributed by atoms with E-state index in [1.54, 1.807) is 0 Å². The second kappa shape index (κ2) is 17.0. The third-order valence-electron chi connectivity index (χ3n) is 7.17. The Kier molecular flexibility index (Phi) is 13.3. The first-order valence-electron chi connectivity index (χ1n) is 14.8. The van der Waals surface area contributed by atoms with Gasteiger partial charge in [-0.15, -0.1) is 0 Å². The van der Waals surface area contributed by atoms with E-state index in [0.717, 1.165) is 31.8 Å². The van der Waals surface area contributed by atoms with Crippen LogP contribution in [0.1, 0.15) is 103 Å². The fourth-order valence-electron chi connectivity index (χ4n) is 4.79. The summed E-state index contributed by atoms with van der Waals surface area (Å²) in [5, 5.41) is 0. The Balaban J connectivity index is 1.53. The van der Waals surface area contributed by atoms with Crippen molar-refractivity contribution in [3.63, 3.8) is 0 Å². The van der Waals surface area contributed by atoms with Gasteiger partial charge in [0.1, 0.15) is 5.75 Å². The number of unbranched alkanes of at least 4 members (excludes halogenated alkanes) is 9. The third-order valence-corrected chi connectivity index (χ3v) is 7.17. The van der Waals surface area contributed by atoms with Gasteiger partial charge >= 0.3 is 0 Å². The van der Waals surface area contributed by atoms with Crippen LogP contribution >= 0.6 is 0 Å². The second-order valence-corrected chi connectivity index (χ2v) is 10.2. The van der Waals surface area contributed by atoms with Gasteiger partial charge < -0.3 is 9.47 Å². The molecule has 0 aliphatic carbocycles. The first-order valence-corrected chi connectivity index (χ1v) is 14.8. The van der Waals surface area contributed by atoms with E-state index < -0.39 is 0 Å². The Morgan fingerprint density at radius 3 is 1.62 bits per heavy atom. The van der Waals surface area contributed by atoms with E-state index >= 15 is 0 Å². The minimum absolute atomic E-state index is 0.125. The maximum absolute atomic E-state index is 6.03. The van der Waals surface area contributed by atoms with E-state index in [1.165, 1.54) is 85.6 Å². The van der Waals surface area contributed by atoms with Crippen molar-refractivity contribution in [3.05, 3.63) is 78.4 Å². The van der Waals surface area contributed by atoms with Gasteiger partial charge in [0.05, 0.1) is 12.7 Å². The standard InChI is InChI=1S/C35H48O2/c1-4-6-8-9-10-11-12-16-28-37-33-25-23-32(24-26-33)35-18-14-13-17-34(35)31-21-19-30(20-22-31)29(3)36-27-15-7-5-2/h13-14,17-26,29H,4-12,15-16,27-28H2,1-3H3. The maximum Gasteiger partial charge on any atom is 0.119 e. The highest BCUT2D eigenvalue weighted by molar-refractivity contribution is 5.83.